The van der Waals surface area contributed by atoms with E-state index < -0.39 is 12.0 Å². The zero-order valence-electron chi connectivity index (χ0n) is 19.6. The molecule has 3 aromatic rings. The van der Waals surface area contributed by atoms with Gasteiger partial charge in [0.15, 0.2) is 0 Å². The topological polar surface area (TPSA) is 77.4 Å². The van der Waals surface area contributed by atoms with Crippen LogP contribution in [-0.4, -0.2) is 23.1 Å². The second-order valence-corrected chi connectivity index (χ2v) is 9.66. The summed E-state index contributed by atoms with van der Waals surface area (Å²) in [5.41, 5.74) is 3.89. The first-order chi connectivity index (χ1) is 15.9. The van der Waals surface area contributed by atoms with Gasteiger partial charge in [-0.15, -0.1) is 11.3 Å². The molecule has 1 atom stereocenters. The Balaban J connectivity index is 1.78. The van der Waals surface area contributed by atoms with Crippen LogP contribution in [0.3, 0.4) is 0 Å². The summed E-state index contributed by atoms with van der Waals surface area (Å²) in [6.07, 6.45) is 4.25. The Morgan fingerprint density at radius 1 is 1.15 bits per heavy atom. The molecule has 1 N–H and O–H groups in total. The highest BCUT2D eigenvalue weighted by Crippen LogP contribution is 2.39. The fraction of sp³-hybridized carbons (Fsp3) is 0.423. The number of pyridine rings is 1. The molecule has 174 valence electrons. The minimum atomic E-state index is -0.698. The van der Waals surface area contributed by atoms with Gasteiger partial charge >= 0.3 is 5.97 Å². The molecule has 33 heavy (non-hydrogen) atoms. The number of fused-ring (bicyclic) bond motifs is 2. The maximum Gasteiger partial charge on any atom is 0.341 e. The summed E-state index contributed by atoms with van der Waals surface area (Å²) < 4.78 is 6.91. The molecule has 1 aliphatic rings. The highest BCUT2D eigenvalue weighted by atomic mass is 32.1. The van der Waals surface area contributed by atoms with Crippen LogP contribution in [0, 0.1) is 13.8 Å². The van der Waals surface area contributed by atoms with Gasteiger partial charge < -0.3 is 10.1 Å². The van der Waals surface area contributed by atoms with Gasteiger partial charge in [0.25, 0.3) is 5.56 Å². The molecule has 7 heteroatoms. The lowest BCUT2D eigenvalue weighted by molar-refractivity contribution is -0.119. The van der Waals surface area contributed by atoms with E-state index in [-0.39, 0.29) is 18.1 Å². The van der Waals surface area contributed by atoms with Crippen LogP contribution in [-0.2, 0) is 22.4 Å². The number of anilines is 1. The summed E-state index contributed by atoms with van der Waals surface area (Å²) in [5.74, 6) is -0.689. The Morgan fingerprint density at radius 3 is 2.64 bits per heavy atom. The number of nitrogens with one attached hydrogen (secondary N) is 1. The molecule has 4 rings (SSSR count). The fourth-order valence-electron chi connectivity index (χ4n) is 4.80. The molecule has 0 bridgehead atoms. The van der Waals surface area contributed by atoms with Crippen molar-refractivity contribution < 1.29 is 14.3 Å². The predicted molar refractivity (Wildman–Crippen MR) is 133 cm³/mol. The largest absolute Gasteiger partial charge is 0.462 e. The average Bonchev–Trinajstić information content (AvgIpc) is 3.14. The Hall–Kier alpha value is -2.93. The van der Waals surface area contributed by atoms with E-state index in [1.165, 1.54) is 11.3 Å². The van der Waals surface area contributed by atoms with Crippen molar-refractivity contribution >= 4 is 39.1 Å². The van der Waals surface area contributed by atoms with Gasteiger partial charge in [-0.1, -0.05) is 25.1 Å². The van der Waals surface area contributed by atoms with Gasteiger partial charge in [-0.2, -0.15) is 0 Å². The van der Waals surface area contributed by atoms with Crippen LogP contribution in [0.15, 0.2) is 29.1 Å². The van der Waals surface area contributed by atoms with Crippen LogP contribution in [0.4, 0.5) is 5.00 Å². The number of para-hydroxylation sites is 1. The maximum atomic E-state index is 13.6. The molecule has 2 aromatic heterocycles. The van der Waals surface area contributed by atoms with Gasteiger partial charge in [0.1, 0.15) is 11.0 Å². The molecule has 1 unspecified atom stereocenters. The van der Waals surface area contributed by atoms with Crippen molar-refractivity contribution in [2.75, 3.05) is 11.9 Å². The smallest absolute Gasteiger partial charge is 0.341 e. The first-order valence-corrected chi connectivity index (χ1v) is 12.4. The number of carbonyl (C=O) groups excluding carboxylic acids is 2. The Kier molecular flexibility index (Phi) is 6.70. The molecule has 0 saturated carbocycles. The van der Waals surface area contributed by atoms with Gasteiger partial charge in [-0.05, 0) is 69.6 Å². The number of esters is 1. The summed E-state index contributed by atoms with van der Waals surface area (Å²) >= 11 is 1.46. The number of nitrogens with zero attached hydrogens (tertiary/aromatic N) is 1. The third-order valence-corrected chi connectivity index (χ3v) is 7.58. The van der Waals surface area contributed by atoms with Crippen molar-refractivity contribution in [1.29, 1.82) is 0 Å². The SMILES string of the molecule is CCOC(=O)c1c(NC(=O)C(CC)n2c(=O)cc(C)c3cccc(C)c32)sc2c1CCCC2. The highest BCUT2D eigenvalue weighted by molar-refractivity contribution is 7.17. The molecule has 0 saturated heterocycles. The van der Waals surface area contributed by atoms with Crippen LogP contribution < -0.4 is 10.9 Å². The monoisotopic (exact) mass is 466 g/mol. The van der Waals surface area contributed by atoms with Gasteiger partial charge in [-0.25, -0.2) is 4.79 Å². The van der Waals surface area contributed by atoms with E-state index >= 15 is 0 Å². The van der Waals surface area contributed by atoms with Crippen molar-refractivity contribution in [3.63, 3.8) is 0 Å². The molecule has 1 aromatic carbocycles. The van der Waals surface area contributed by atoms with E-state index in [0.29, 0.717) is 17.0 Å². The summed E-state index contributed by atoms with van der Waals surface area (Å²) in [6.45, 7) is 7.81. The summed E-state index contributed by atoms with van der Waals surface area (Å²) in [7, 11) is 0. The molecular formula is C26H30N2O4S. The number of thiophene rings is 1. The molecule has 1 amide bonds. The number of amides is 1. The zero-order chi connectivity index (χ0) is 23.7. The summed E-state index contributed by atoms with van der Waals surface area (Å²) in [6, 6.07) is 6.78. The standard InChI is InChI=1S/C26H30N2O4S/c1-5-19(28-21(29)14-16(4)17-12-9-10-15(3)23(17)28)24(30)27-25-22(26(31)32-6-2)18-11-7-8-13-20(18)33-25/h9-10,12,14,19H,5-8,11,13H2,1-4H3,(H,27,30). The quantitative estimate of drug-likeness (QED) is 0.499. The fourth-order valence-corrected chi connectivity index (χ4v) is 6.08. The molecule has 0 radical (unpaired) electrons. The van der Waals surface area contributed by atoms with Gasteiger partial charge in [-0.3, -0.25) is 14.2 Å². The third kappa shape index (κ3) is 4.22. The Morgan fingerprint density at radius 2 is 1.91 bits per heavy atom. The number of rotatable bonds is 6. The number of benzene rings is 1. The third-order valence-electron chi connectivity index (χ3n) is 6.37. The van der Waals surface area contributed by atoms with Crippen molar-refractivity contribution in [3.8, 4) is 0 Å². The Bertz CT molecular complexity index is 1290. The van der Waals surface area contributed by atoms with Crippen LogP contribution >= 0.6 is 11.3 Å². The van der Waals surface area contributed by atoms with E-state index in [1.54, 1.807) is 17.6 Å². The number of hydrogen-bond acceptors (Lipinski definition) is 5. The van der Waals surface area contributed by atoms with Crippen molar-refractivity contribution in [2.24, 2.45) is 0 Å². The van der Waals surface area contributed by atoms with E-state index in [9.17, 15) is 14.4 Å². The number of aryl methyl sites for hydroxylation is 3. The first-order valence-electron chi connectivity index (χ1n) is 11.6. The zero-order valence-corrected chi connectivity index (χ0v) is 20.4. The lowest BCUT2D eigenvalue weighted by Gasteiger charge is -2.22. The number of carbonyl (C=O) groups is 2. The van der Waals surface area contributed by atoms with Crippen LogP contribution in [0.2, 0.25) is 0 Å². The van der Waals surface area contributed by atoms with E-state index in [1.807, 2.05) is 39.0 Å². The molecule has 0 spiro atoms. The molecule has 0 aliphatic heterocycles. The van der Waals surface area contributed by atoms with E-state index in [0.717, 1.165) is 58.2 Å². The van der Waals surface area contributed by atoms with Gasteiger partial charge in [0.05, 0.1) is 17.7 Å². The maximum absolute atomic E-state index is 13.6. The molecule has 2 heterocycles. The van der Waals surface area contributed by atoms with Crippen LogP contribution in [0.5, 0.6) is 0 Å². The molecule has 6 nitrogen and oxygen atoms in total. The van der Waals surface area contributed by atoms with Gasteiger partial charge in [0, 0.05) is 16.3 Å². The van der Waals surface area contributed by atoms with Crippen molar-refractivity contribution in [3.05, 3.63) is 61.8 Å². The highest BCUT2D eigenvalue weighted by Gasteiger charge is 2.30. The first kappa shape index (κ1) is 23.2. The number of aromatic nitrogens is 1. The lowest BCUT2D eigenvalue weighted by atomic mass is 9.95. The summed E-state index contributed by atoms with van der Waals surface area (Å²) in [4.78, 5) is 40.6. The molecule has 1 aliphatic carbocycles. The van der Waals surface area contributed by atoms with Crippen LogP contribution in [0.25, 0.3) is 10.9 Å². The van der Waals surface area contributed by atoms with Crippen molar-refractivity contribution in [2.45, 2.75) is 65.8 Å². The second kappa shape index (κ2) is 9.51. The van der Waals surface area contributed by atoms with E-state index in [4.69, 9.17) is 4.74 Å². The Labute approximate surface area is 197 Å². The second-order valence-electron chi connectivity index (χ2n) is 8.56. The number of hydrogen-bond donors (Lipinski definition) is 1. The van der Waals surface area contributed by atoms with Crippen molar-refractivity contribution in [1.82, 2.24) is 4.57 Å². The normalized spacial score (nSPS) is 14.1. The minimum Gasteiger partial charge on any atom is -0.462 e. The molecular weight excluding hydrogens is 436 g/mol. The van der Waals surface area contributed by atoms with E-state index in [2.05, 4.69) is 5.32 Å². The lowest BCUT2D eigenvalue weighted by Crippen LogP contribution is -2.33. The minimum absolute atomic E-state index is 0.201. The molecule has 0 fully saturated rings. The average molecular weight is 467 g/mol. The van der Waals surface area contributed by atoms with Crippen LogP contribution in [0.1, 0.15) is 71.1 Å². The summed E-state index contributed by atoms with van der Waals surface area (Å²) in [5, 5.41) is 4.49. The number of ether oxygens (including phenoxy) is 1. The van der Waals surface area contributed by atoms with Gasteiger partial charge in [0.2, 0.25) is 5.91 Å². The predicted octanol–water partition coefficient (Wildman–Crippen LogP) is 5.33.